The van der Waals surface area contributed by atoms with Gasteiger partial charge in [-0.25, -0.2) is 4.99 Å². The number of halogens is 1. The topological polar surface area (TPSA) is 54.9 Å². The molecule has 0 spiro atoms. The van der Waals surface area contributed by atoms with Crippen LogP contribution >= 0.6 is 35.3 Å². The molecule has 5 nitrogen and oxygen atoms in total. The largest absolute Gasteiger partial charge is 0.382 e. The Hall–Kier alpha value is -0.380. The number of aryl methyl sites for hydroxylation is 1. The second kappa shape index (κ2) is 14.2. The molecule has 1 aromatic heterocycles. The molecule has 1 heterocycles. The van der Waals surface area contributed by atoms with Gasteiger partial charge in [-0.1, -0.05) is 6.92 Å². The summed E-state index contributed by atoms with van der Waals surface area (Å²) in [4.78, 5) is 7.29. The van der Waals surface area contributed by atoms with E-state index in [0.29, 0.717) is 26.4 Å². The number of nitrogens with one attached hydrogen (secondary N) is 2. The van der Waals surface area contributed by atoms with E-state index >= 15 is 0 Å². The number of aliphatic imine (C=N–C) groups is 1. The zero-order valence-corrected chi connectivity index (χ0v) is 16.8. The van der Waals surface area contributed by atoms with Gasteiger partial charge in [0.15, 0.2) is 5.96 Å². The van der Waals surface area contributed by atoms with Crippen molar-refractivity contribution in [3.05, 3.63) is 21.9 Å². The van der Waals surface area contributed by atoms with E-state index in [1.807, 2.05) is 11.3 Å². The standard InChI is InChI=1S/C15H27N3O2S.HI/c1-4-13-6-7-14(21-13)12-18-15(16-5-2)17-8-9-20-11-10-19-3;/h6-7H,4-5,8-12H2,1-3H3,(H2,16,17,18);1H. The van der Waals surface area contributed by atoms with Crippen molar-refractivity contribution in [2.75, 3.05) is 40.0 Å². The predicted octanol–water partition coefficient (Wildman–Crippen LogP) is 2.65. The lowest BCUT2D eigenvalue weighted by Gasteiger charge is -2.11. The Morgan fingerprint density at radius 2 is 1.91 bits per heavy atom. The third kappa shape index (κ3) is 9.60. The van der Waals surface area contributed by atoms with Crippen LogP contribution < -0.4 is 10.6 Å². The van der Waals surface area contributed by atoms with E-state index in [0.717, 1.165) is 25.5 Å². The van der Waals surface area contributed by atoms with Crippen LogP contribution in [0.2, 0.25) is 0 Å². The van der Waals surface area contributed by atoms with Crippen LogP contribution in [0, 0.1) is 0 Å². The van der Waals surface area contributed by atoms with Crippen molar-refractivity contribution in [3.63, 3.8) is 0 Å². The maximum atomic E-state index is 5.42. The first-order chi connectivity index (χ1) is 10.3. The van der Waals surface area contributed by atoms with Gasteiger partial charge in [0.1, 0.15) is 0 Å². The molecule has 0 bridgehead atoms. The molecule has 0 aliphatic carbocycles. The van der Waals surface area contributed by atoms with Gasteiger partial charge in [-0.15, -0.1) is 35.3 Å². The van der Waals surface area contributed by atoms with E-state index in [2.05, 4.69) is 41.6 Å². The SMILES string of the molecule is CCNC(=NCc1ccc(CC)s1)NCCOCCOC.I. The lowest BCUT2D eigenvalue weighted by Crippen LogP contribution is -2.39. The number of nitrogens with zero attached hydrogens (tertiary/aromatic N) is 1. The van der Waals surface area contributed by atoms with Gasteiger partial charge in [-0.2, -0.15) is 0 Å². The Morgan fingerprint density at radius 3 is 2.55 bits per heavy atom. The zero-order chi connectivity index (χ0) is 15.3. The van der Waals surface area contributed by atoms with Gasteiger partial charge < -0.3 is 20.1 Å². The van der Waals surface area contributed by atoms with Gasteiger partial charge in [0.05, 0.1) is 26.4 Å². The highest BCUT2D eigenvalue weighted by Gasteiger charge is 2.00. The summed E-state index contributed by atoms with van der Waals surface area (Å²) in [5, 5.41) is 6.51. The molecule has 0 aliphatic rings. The van der Waals surface area contributed by atoms with Gasteiger partial charge in [0, 0.05) is 30.0 Å². The molecule has 0 amide bonds. The second-order valence-electron chi connectivity index (χ2n) is 4.45. The van der Waals surface area contributed by atoms with E-state index in [1.165, 1.54) is 9.75 Å². The zero-order valence-electron chi connectivity index (χ0n) is 13.7. The number of hydrogen-bond acceptors (Lipinski definition) is 4. The molecule has 0 aliphatic heterocycles. The van der Waals surface area contributed by atoms with Crippen molar-refractivity contribution in [1.29, 1.82) is 0 Å². The van der Waals surface area contributed by atoms with Crippen LogP contribution in [0.15, 0.2) is 17.1 Å². The molecule has 0 fully saturated rings. The maximum Gasteiger partial charge on any atom is 0.191 e. The number of rotatable bonds is 10. The summed E-state index contributed by atoms with van der Waals surface area (Å²) in [5.41, 5.74) is 0. The van der Waals surface area contributed by atoms with Gasteiger partial charge in [-0.05, 0) is 25.5 Å². The molecule has 7 heteroatoms. The molecule has 22 heavy (non-hydrogen) atoms. The highest BCUT2D eigenvalue weighted by atomic mass is 127. The fourth-order valence-corrected chi connectivity index (χ4v) is 2.56. The van der Waals surface area contributed by atoms with E-state index in [4.69, 9.17) is 9.47 Å². The fraction of sp³-hybridized carbons (Fsp3) is 0.667. The number of guanidine groups is 1. The molecule has 0 radical (unpaired) electrons. The van der Waals surface area contributed by atoms with Crippen LogP contribution in [-0.4, -0.2) is 46.0 Å². The van der Waals surface area contributed by atoms with E-state index in [9.17, 15) is 0 Å². The lowest BCUT2D eigenvalue weighted by molar-refractivity contribution is 0.0733. The average Bonchev–Trinajstić information content (AvgIpc) is 2.96. The predicted molar refractivity (Wildman–Crippen MR) is 105 cm³/mol. The summed E-state index contributed by atoms with van der Waals surface area (Å²) in [6, 6.07) is 4.34. The Bertz CT molecular complexity index is 413. The summed E-state index contributed by atoms with van der Waals surface area (Å²) in [6.45, 7) is 8.44. The molecule has 1 rings (SSSR count). The van der Waals surface area contributed by atoms with E-state index < -0.39 is 0 Å². The molecule has 2 N–H and O–H groups in total. The van der Waals surface area contributed by atoms with E-state index in [1.54, 1.807) is 7.11 Å². The quantitative estimate of drug-likeness (QED) is 0.254. The highest BCUT2D eigenvalue weighted by Crippen LogP contribution is 2.17. The first-order valence-corrected chi connectivity index (χ1v) is 8.28. The summed E-state index contributed by atoms with van der Waals surface area (Å²) >= 11 is 1.83. The Labute approximate surface area is 154 Å². The first kappa shape index (κ1) is 21.6. The minimum absolute atomic E-state index is 0. The van der Waals surface area contributed by atoms with E-state index in [-0.39, 0.29) is 24.0 Å². The normalized spacial score (nSPS) is 11.1. The van der Waals surface area contributed by atoms with Crippen LogP contribution in [-0.2, 0) is 22.4 Å². The minimum Gasteiger partial charge on any atom is -0.382 e. The van der Waals surface area contributed by atoms with Crippen molar-refractivity contribution in [2.24, 2.45) is 4.99 Å². The number of hydrogen-bond donors (Lipinski definition) is 2. The minimum atomic E-state index is 0. The van der Waals surface area contributed by atoms with Gasteiger partial charge >= 0.3 is 0 Å². The highest BCUT2D eigenvalue weighted by molar-refractivity contribution is 14.0. The van der Waals surface area contributed by atoms with Gasteiger partial charge in [-0.3, -0.25) is 0 Å². The Kier molecular flexibility index (Phi) is 14.0. The Morgan fingerprint density at radius 1 is 1.14 bits per heavy atom. The monoisotopic (exact) mass is 441 g/mol. The molecule has 128 valence electrons. The summed E-state index contributed by atoms with van der Waals surface area (Å²) < 4.78 is 10.3. The van der Waals surface area contributed by atoms with Crippen LogP contribution in [0.25, 0.3) is 0 Å². The first-order valence-electron chi connectivity index (χ1n) is 7.46. The summed E-state index contributed by atoms with van der Waals surface area (Å²) in [5.74, 6) is 0.833. The third-order valence-corrected chi connectivity index (χ3v) is 3.99. The van der Waals surface area contributed by atoms with Crippen molar-refractivity contribution in [1.82, 2.24) is 10.6 Å². The molecule has 0 unspecified atom stereocenters. The Balaban J connectivity index is 0.00000441. The van der Waals surface area contributed by atoms with Gasteiger partial charge in [0.2, 0.25) is 0 Å². The molecule has 0 saturated carbocycles. The fourth-order valence-electron chi connectivity index (χ4n) is 1.68. The van der Waals surface area contributed by atoms with Crippen molar-refractivity contribution in [2.45, 2.75) is 26.8 Å². The molecular formula is C15H28IN3O2S. The molecule has 1 aromatic rings. The van der Waals surface area contributed by atoms with Crippen molar-refractivity contribution in [3.8, 4) is 0 Å². The molecular weight excluding hydrogens is 413 g/mol. The summed E-state index contributed by atoms with van der Waals surface area (Å²) in [7, 11) is 1.67. The lowest BCUT2D eigenvalue weighted by atomic mass is 10.4. The number of ether oxygens (including phenoxy) is 2. The summed E-state index contributed by atoms with van der Waals surface area (Å²) in [6.07, 6.45) is 1.09. The molecule has 0 aromatic carbocycles. The van der Waals surface area contributed by atoms with Crippen LogP contribution in [0.5, 0.6) is 0 Å². The number of methoxy groups -OCH3 is 1. The van der Waals surface area contributed by atoms with Crippen molar-refractivity contribution >= 4 is 41.3 Å². The molecule has 0 saturated heterocycles. The van der Waals surface area contributed by atoms with Crippen LogP contribution in [0.4, 0.5) is 0 Å². The molecule has 0 atom stereocenters. The smallest absolute Gasteiger partial charge is 0.191 e. The van der Waals surface area contributed by atoms with Crippen LogP contribution in [0.1, 0.15) is 23.6 Å². The van der Waals surface area contributed by atoms with Crippen LogP contribution in [0.3, 0.4) is 0 Å². The average molecular weight is 441 g/mol. The number of thiophene rings is 1. The maximum absolute atomic E-state index is 5.42. The third-order valence-electron chi connectivity index (χ3n) is 2.77. The van der Waals surface area contributed by atoms with Gasteiger partial charge in [0.25, 0.3) is 0 Å². The van der Waals surface area contributed by atoms with Crippen molar-refractivity contribution < 1.29 is 9.47 Å². The second-order valence-corrected chi connectivity index (χ2v) is 5.70.